The molecule has 7 atom stereocenters. The Balaban J connectivity index is 1.23. The van der Waals surface area contributed by atoms with Crippen molar-refractivity contribution < 1.29 is 45.4 Å². The normalized spacial score (nSPS) is 32.7. The van der Waals surface area contributed by atoms with Crippen LogP contribution in [0, 0.1) is 40.4 Å². The van der Waals surface area contributed by atoms with Gasteiger partial charge in [-0.2, -0.15) is 0 Å². The maximum Gasteiger partial charge on any atom is 0.573 e. The lowest BCUT2D eigenvalue weighted by atomic mass is 9.45. The van der Waals surface area contributed by atoms with Crippen LogP contribution in [0.5, 0.6) is 11.5 Å². The number of hydrogen-bond donors (Lipinski definition) is 1. The number of carbonyl (C=O) groups is 2. The van der Waals surface area contributed by atoms with Gasteiger partial charge >= 0.3 is 12.7 Å². The Morgan fingerprint density at radius 1 is 0.761 bits per heavy atom. The molecule has 2 aromatic rings. The van der Waals surface area contributed by atoms with Gasteiger partial charge in [-0.3, -0.25) is 9.59 Å². The van der Waals surface area contributed by atoms with E-state index in [1.807, 2.05) is 0 Å². The van der Waals surface area contributed by atoms with Crippen molar-refractivity contribution in [3.63, 3.8) is 0 Å². The highest BCUT2D eigenvalue weighted by Crippen LogP contribution is 2.67. The Morgan fingerprint density at radius 2 is 1.30 bits per heavy atom. The van der Waals surface area contributed by atoms with E-state index in [9.17, 15) is 35.9 Å². The first-order valence-electron chi connectivity index (χ1n) is 16.1. The van der Waals surface area contributed by atoms with Crippen molar-refractivity contribution in [1.82, 2.24) is 5.32 Å². The molecule has 0 heterocycles. The number of hydrogen-bond acceptors (Lipinski definition) is 4. The zero-order chi connectivity index (χ0) is 33.1. The van der Waals surface area contributed by atoms with Crippen LogP contribution in [0.25, 0.3) is 0 Å². The summed E-state index contributed by atoms with van der Waals surface area (Å²) in [7, 11) is 0. The molecular weight excluding hydrogens is 612 g/mol. The molecule has 11 heteroatoms. The Bertz CT molecular complexity index is 1380. The van der Waals surface area contributed by atoms with Gasteiger partial charge in [-0.05, 0) is 115 Å². The van der Waals surface area contributed by atoms with Crippen LogP contribution < -0.4 is 14.8 Å². The molecule has 0 saturated heterocycles. The number of nitrogens with one attached hydrogen (secondary N) is 1. The molecule has 5 unspecified atom stereocenters. The first kappa shape index (κ1) is 32.7. The monoisotopic (exact) mass is 651 g/mol. The van der Waals surface area contributed by atoms with Gasteiger partial charge in [0.15, 0.2) is 0 Å². The predicted octanol–water partition coefficient (Wildman–Crippen LogP) is 8.92. The van der Waals surface area contributed by atoms with Gasteiger partial charge in [0.05, 0.1) is 6.04 Å². The second-order valence-electron chi connectivity index (χ2n) is 14.2. The summed E-state index contributed by atoms with van der Waals surface area (Å²) in [4.78, 5) is 26.4. The first-order valence-corrected chi connectivity index (χ1v) is 16.1. The molecule has 0 spiro atoms. The SMILES string of the molecule is C[C@]12CCC(=O)CC1CCC1C2CC[C@]2(C)C(C(=O)NC(c3ccc(OC(F)(F)F)cc3)c3ccc(OC(F)(F)F)cc3)CCC12. The number of amides is 1. The summed E-state index contributed by atoms with van der Waals surface area (Å²) in [5.74, 6) is 0.871. The zero-order valence-corrected chi connectivity index (χ0v) is 25.8. The van der Waals surface area contributed by atoms with Crippen LogP contribution in [0.15, 0.2) is 48.5 Å². The minimum Gasteiger partial charge on any atom is -0.406 e. The average molecular weight is 652 g/mol. The molecule has 2 aromatic carbocycles. The lowest BCUT2D eigenvalue weighted by Gasteiger charge is -2.60. The summed E-state index contributed by atoms with van der Waals surface area (Å²) in [5.41, 5.74) is 0.814. The highest BCUT2D eigenvalue weighted by atomic mass is 19.4. The number of Topliss-reactive ketones (excluding diaryl/α,β-unsaturated/α-hetero) is 1. The molecule has 4 aliphatic carbocycles. The summed E-state index contributed by atoms with van der Waals surface area (Å²) in [5, 5.41) is 3.11. The predicted molar refractivity (Wildman–Crippen MR) is 156 cm³/mol. The number of halogens is 6. The number of benzene rings is 2. The van der Waals surface area contributed by atoms with Crippen molar-refractivity contribution in [2.45, 2.75) is 90.4 Å². The molecule has 1 amide bonds. The number of carbonyl (C=O) groups excluding carboxylic acids is 2. The van der Waals surface area contributed by atoms with E-state index in [1.165, 1.54) is 24.3 Å². The zero-order valence-electron chi connectivity index (χ0n) is 25.8. The third-order valence-electron chi connectivity index (χ3n) is 12.0. The van der Waals surface area contributed by atoms with Crippen LogP contribution in [-0.4, -0.2) is 24.4 Å². The summed E-state index contributed by atoms with van der Waals surface area (Å²) < 4.78 is 84.7. The molecular formula is C35H39F6NO4. The van der Waals surface area contributed by atoms with Gasteiger partial charge in [-0.25, -0.2) is 0 Å². The van der Waals surface area contributed by atoms with Crippen molar-refractivity contribution in [3.05, 3.63) is 59.7 Å². The van der Waals surface area contributed by atoms with Crippen molar-refractivity contribution in [2.24, 2.45) is 40.4 Å². The largest absolute Gasteiger partial charge is 0.573 e. The lowest BCUT2D eigenvalue weighted by molar-refractivity contribution is -0.275. The van der Waals surface area contributed by atoms with Gasteiger partial charge < -0.3 is 14.8 Å². The summed E-state index contributed by atoms with van der Waals surface area (Å²) in [6.45, 7) is 4.59. The van der Waals surface area contributed by atoms with Crippen LogP contribution in [0.3, 0.4) is 0 Å². The van der Waals surface area contributed by atoms with E-state index in [0.717, 1.165) is 62.8 Å². The molecule has 0 aromatic heterocycles. The molecule has 0 bridgehead atoms. The fraction of sp³-hybridized carbons (Fsp3) is 0.600. The molecule has 250 valence electrons. The topological polar surface area (TPSA) is 64.6 Å². The third-order valence-corrected chi connectivity index (χ3v) is 12.0. The first-order chi connectivity index (χ1) is 21.6. The lowest BCUT2D eigenvalue weighted by Crippen LogP contribution is -2.54. The molecule has 0 aliphatic heterocycles. The van der Waals surface area contributed by atoms with E-state index in [-0.39, 0.29) is 22.7 Å². The van der Waals surface area contributed by atoms with E-state index >= 15 is 0 Å². The van der Waals surface area contributed by atoms with E-state index in [4.69, 9.17) is 0 Å². The molecule has 6 rings (SSSR count). The number of alkyl halides is 6. The van der Waals surface area contributed by atoms with Crippen LogP contribution in [0.4, 0.5) is 26.3 Å². The van der Waals surface area contributed by atoms with Gasteiger partial charge in [0.2, 0.25) is 5.91 Å². The fourth-order valence-corrected chi connectivity index (χ4v) is 9.80. The second kappa shape index (κ2) is 11.8. The van der Waals surface area contributed by atoms with Gasteiger partial charge in [0.25, 0.3) is 0 Å². The van der Waals surface area contributed by atoms with E-state index in [0.29, 0.717) is 59.8 Å². The quantitative estimate of drug-likeness (QED) is 0.317. The van der Waals surface area contributed by atoms with Gasteiger partial charge in [-0.15, -0.1) is 26.3 Å². The van der Waals surface area contributed by atoms with Crippen molar-refractivity contribution in [2.75, 3.05) is 0 Å². The fourth-order valence-electron chi connectivity index (χ4n) is 9.80. The van der Waals surface area contributed by atoms with E-state index < -0.39 is 30.3 Å². The highest BCUT2D eigenvalue weighted by molar-refractivity contribution is 5.81. The Hall–Kier alpha value is -3.24. The van der Waals surface area contributed by atoms with Crippen molar-refractivity contribution in [3.8, 4) is 11.5 Å². The van der Waals surface area contributed by atoms with E-state index in [2.05, 4.69) is 28.6 Å². The Kier molecular flexibility index (Phi) is 8.37. The number of fused-ring (bicyclic) bond motifs is 5. The van der Waals surface area contributed by atoms with Gasteiger partial charge in [0, 0.05) is 18.8 Å². The maximum absolute atomic E-state index is 14.2. The summed E-state index contributed by atoms with van der Waals surface area (Å²) >= 11 is 0. The molecule has 1 N–H and O–H groups in total. The molecule has 4 saturated carbocycles. The van der Waals surface area contributed by atoms with Crippen molar-refractivity contribution in [1.29, 1.82) is 0 Å². The molecule has 4 fully saturated rings. The van der Waals surface area contributed by atoms with E-state index in [1.54, 1.807) is 0 Å². The maximum atomic E-state index is 14.2. The number of ketones is 1. The molecule has 4 aliphatic rings. The van der Waals surface area contributed by atoms with Crippen LogP contribution in [-0.2, 0) is 9.59 Å². The smallest absolute Gasteiger partial charge is 0.406 e. The standard InChI is InChI=1S/C35H39F6NO4/c1-32-17-15-23(43)19-22(32)7-12-26-27-13-14-29(33(27,2)18-16-28(26)32)31(44)42-30(20-3-8-24(9-4-20)45-34(36,37)38)21-5-10-25(11-6-21)46-35(39,40)41/h3-6,8-11,22,26-30H,7,12-19H2,1-2H3,(H,42,44)/t22?,26?,27?,28?,29?,32-,33-/m0/s1. The van der Waals surface area contributed by atoms with Crippen LogP contribution in [0.2, 0.25) is 0 Å². The number of ether oxygens (including phenoxy) is 2. The molecule has 5 nitrogen and oxygen atoms in total. The van der Waals surface area contributed by atoms with Crippen molar-refractivity contribution >= 4 is 11.7 Å². The molecule has 46 heavy (non-hydrogen) atoms. The summed E-state index contributed by atoms with van der Waals surface area (Å²) in [6.07, 6.45) is -1.84. The third kappa shape index (κ3) is 6.35. The Labute approximate surface area is 264 Å². The average Bonchev–Trinajstić information content (AvgIpc) is 3.33. The Morgan fingerprint density at radius 3 is 1.85 bits per heavy atom. The van der Waals surface area contributed by atoms with Gasteiger partial charge in [-0.1, -0.05) is 38.1 Å². The minimum atomic E-state index is -4.87. The molecule has 0 radical (unpaired) electrons. The van der Waals surface area contributed by atoms with Crippen LogP contribution in [0.1, 0.15) is 88.8 Å². The second-order valence-corrected chi connectivity index (χ2v) is 14.2. The van der Waals surface area contributed by atoms with Crippen LogP contribution >= 0.6 is 0 Å². The van der Waals surface area contributed by atoms with Gasteiger partial charge in [0.1, 0.15) is 17.3 Å². The summed E-state index contributed by atoms with van der Waals surface area (Å²) in [6, 6.07) is 9.38. The highest BCUT2D eigenvalue weighted by Gasteiger charge is 2.61. The number of rotatable bonds is 6. The minimum absolute atomic E-state index is 0.146.